The van der Waals surface area contributed by atoms with Crippen LogP contribution in [0.15, 0.2) is 60.8 Å². The second kappa shape index (κ2) is 32.1. The predicted octanol–water partition coefficient (Wildman–Crippen LogP) is 9.27. The van der Waals surface area contributed by atoms with Crippen LogP contribution in [0.1, 0.15) is 136 Å². The van der Waals surface area contributed by atoms with Crippen molar-refractivity contribution in [1.29, 1.82) is 0 Å². The first-order valence-corrected chi connectivity index (χ1v) is 20.6. The Morgan fingerprint density at radius 2 is 1.22 bits per heavy atom. The quantitative estimate of drug-likeness (QED) is 0.0305. The van der Waals surface area contributed by atoms with Gasteiger partial charge in [-0.1, -0.05) is 139 Å². The normalized spacial score (nSPS) is 15.3. The van der Waals surface area contributed by atoms with Crippen molar-refractivity contribution < 1.29 is 32.9 Å². The van der Waals surface area contributed by atoms with Gasteiger partial charge in [-0.05, 0) is 51.4 Å². The van der Waals surface area contributed by atoms with E-state index in [1.165, 1.54) is 44.9 Å². The Morgan fingerprint density at radius 1 is 0.735 bits per heavy atom. The first-order valence-electron chi connectivity index (χ1n) is 19.1. The number of amides is 1. The second-order valence-corrected chi connectivity index (χ2v) is 15.3. The molecule has 284 valence electrons. The molecule has 0 aliphatic carbocycles. The zero-order valence-corrected chi connectivity index (χ0v) is 32.8. The zero-order valence-electron chi connectivity index (χ0n) is 31.9. The summed E-state index contributed by atoms with van der Waals surface area (Å²) >= 11 is 0. The molecule has 49 heavy (non-hydrogen) atoms. The highest BCUT2D eigenvalue weighted by Gasteiger charge is 2.24. The predicted molar refractivity (Wildman–Crippen MR) is 205 cm³/mol. The molecular formula is C40H73N2O6P. The zero-order chi connectivity index (χ0) is 36.5. The fourth-order valence-corrected chi connectivity index (χ4v) is 5.68. The molecule has 3 atom stereocenters. The average Bonchev–Trinajstić information content (AvgIpc) is 3.04. The average molecular weight is 709 g/mol. The van der Waals surface area contributed by atoms with Crippen molar-refractivity contribution in [3.05, 3.63) is 60.8 Å². The van der Waals surface area contributed by atoms with Crippen LogP contribution in [0.4, 0.5) is 0 Å². The Morgan fingerprint density at radius 3 is 1.73 bits per heavy atom. The number of hydrogen-bond acceptors (Lipinski definition) is 6. The fourth-order valence-electron chi connectivity index (χ4n) is 4.95. The Balaban J connectivity index is 4.57. The highest BCUT2D eigenvalue weighted by atomic mass is 31.2. The minimum absolute atomic E-state index is 0.00172. The number of quaternary nitrogens is 1. The first-order chi connectivity index (χ1) is 23.5. The van der Waals surface area contributed by atoms with Crippen LogP contribution in [0.5, 0.6) is 0 Å². The van der Waals surface area contributed by atoms with Crippen molar-refractivity contribution >= 4 is 13.7 Å². The Kier molecular flexibility index (Phi) is 31.0. The van der Waals surface area contributed by atoms with E-state index in [1.54, 1.807) is 0 Å². The number of nitrogens with zero attached hydrogens (tertiary/aromatic N) is 1. The molecule has 0 aliphatic rings. The van der Waals surface area contributed by atoms with Crippen LogP contribution < -0.4 is 10.2 Å². The number of carbonyl (C=O) groups is 1. The van der Waals surface area contributed by atoms with Crippen LogP contribution in [0.2, 0.25) is 0 Å². The van der Waals surface area contributed by atoms with Gasteiger partial charge < -0.3 is 28.8 Å². The fraction of sp³-hybridized carbons (Fsp3) is 0.725. The van der Waals surface area contributed by atoms with Gasteiger partial charge in [-0.2, -0.15) is 0 Å². The van der Waals surface area contributed by atoms with Gasteiger partial charge in [-0.3, -0.25) is 9.36 Å². The number of hydrogen-bond donors (Lipinski definition) is 2. The summed E-state index contributed by atoms with van der Waals surface area (Å²) < 4.78 is 23.1. The maximum atomic E-state index is 12.8. The van der Waals surface area contributed by atoms with Gasteiger partial charge in [0.2, 0.25) is 5.91 Å². The number of unbranched alkanes of at least 4 members (excludes halogenated alkanes) is 10. The lowest BCUT2D eigenvalue weighted by Crippen LogP contribution is -2.46. The van der Waals surface area contributed by atoms with E-state index in [1.807, 2.05) is 21.1 Å². The smallest absolute Gasteiger partial charge is 0.268 e. The number of aliphatic hydroxyl groups excluding tert-OH is 1. The summed E-state index contributed by atoms with van der Waals surface area (Å²) in [6.07, 6.45) is 39.5. The van der Waals surface area contributed by atoms with Gasteiger partial charge in [0.25, 0.3) is 7.82 Å². The number of aliphatic hydroxyl groups is 1. The molecule has 0 aromatic carbocycles. The number of likely N-dealkylation sites (N-methyl/N-ethyl adjacent to an activating group) is 1. The highest BCUT2D eigenvalue weighted by Crippen LogP contribution is 2.38. The van der Waals surface area contributed by atoms with Gasteiger partial charge >= 0.3 is 0 Å². The molecule has 0 bridgehead atoms. The van der Waals surface area contributed by atoms with Crippen molar-refractivity contribution in [2.24, 2.45) is 0 Å². The molecule has 0 heterocycles. The monoisotopic (exact) mass is 709 g/mol. The minimum Gasteiger partial charge on any atom is -0.756 e. The highest BCUT2D eigenvalue weighted by molar-refractivity contribution is 7.45. The van der Waals surface area contributed by atoms with Gasteiger partial charge in [0.05, 0.1) is 39.9 Å². The molecule has 0 aromatic rings. The molecule has 1 amide bonds. The summed E-state index contributed by atoms with van der Waals surface area (Å²) in [6, 6.07) is -0.830. The van der Waals surface area contributed by atoms with E-state index < -0.39 is 20.0 Å². The van der Waals surface area contributed by atoms with Gasteiger partial charge in [0, 0.05) is 6.42 Å². The molecular weight excluding hydrogens is 635 g/mol. The Hall–Kier alpha value is -1.80. The maximum absolute atomic E-state index is 12.8. The molecule has 8 nitrogen and oxygen atoms in total. The van der Waals surface area contributed by atoms with E-state index in [4.69, 9.17) is 9.05 Å². The molecule has 9 heteroatoms. The van der Waals surface area contributed by atoms with Crippen LogP contribution in [0.25, 0.3) is 0 Å². The van der Waals surface area contributed by atoms with E-state index in [2.05, 4.69) is 79.9 Å². The van der Waals surface area contributed by atoms with Crippen LogP contribution in [0.3, 0.4) is 0 Å². The Bertz CT molecular complexity index is 986. The topological polar surface area (TPSA) is 108 Å². The van der Waals surface area contributed by atoms with Crippen molar-refractivity contribution in [3.8, 4) is 0 Å². The van der Waals surface area contributed by atoms with Gasteiger partial charge in [-0.15, -0.1) is 0 Å². The summed E-state index contributed by atoms with van der Waals surface area (Å²) in [5.41, 5.74) is 0. The second-order valence-electron chi connectivity index (χ2n) is 13.9. The minimum atomic E-state index is -4.57. The lowest BCUT2D eigenvalue weighted by Gasteiger charge is -2.30. The van der Waals surface area contributed by atoms with E-state index in [9.17, 15) is 19.4 Å². The molecule has 0 radical (unpaired) electrons. The molecule has 0 saturated carbocycles. The Labute approximate surface area is 301 Å². The molecule has 0 rings (SSSR count). The third-order valence-corrected chi connectivity index (χ3v) is 8.98. The van der Waals surface area contributed by atoms with E-state index in [0.29, 0.717) is 23.9 Å². The van der Waals surface area contributed by atoms with Crippen LogP contribution in [0, 0.1) is 0 Å². The van der Waals surface area contributed by atoms with Crippen LogP contribution >= 0.6 is 7.82 Å². The number of rotatable bonds is 33. The number of phosphoric ester groups is 1. The number of phosphoric acid groups is 1. The van der Waals surface area contributed by atoms with Crippen LogP contribution in [-0.2, 0) is 18.4 Å². The summed E-state index contributed by atoms with van der Waals surface area (Å²) in [4.78, 5) is 25.1. The number of allylic oxidation sites excluding steroid dienone is 10. The summed E-state index contributed by atoms with van der Waals surface area (Å²) in [6.45, 7) is 4.50. The van der Waals surface area contributed by atoms with Gasteiger partial charge in [-0.25, -0.2) is 0 Å². The van der Waals surface area contributed by atoms with Crippen molar-refractivity contribution in [3.63, 3.8) is 0 Å². The van der Waals surface area contributed by atoms with Crippen molar-refractivity contribution in [2.45, 2.75) is 148 Å². The van der Waals surface area contributed by atoms with Gasteiger partial charge in [0.15, 0.2) is 0 Å². The summed E-state index contributed by atoms with van der Waals surface area (Å²) in [5, 5.41) is 13.8. The lowest BCUT2D eigenvalue weighted by atomic mass is 10.0. The molecule has 0 fully saturated rings. The van der Waals surface area contributed by atoms with E-state index >= 15 is 0 Å². The molecule has 0 aliphatic heterocycles. The maximum Gasteiger partial charge on any atom is 0.268 e. The van der Waals surface area contributed by atoms with Crippen molar-refractivity contribution in [1.82, 2.24) is 5.32 Å². The van der Waals surface area contributed by atoms with Crippen molar-refractivity contribution in [2.75, 3.05) is 40.9 Å². The molecule has 0 saturated heterocycles. The number of nitrogens with one attached hydrogen (secondary N) is 1. The third-order valence-electron chi connectivity index (χ3n) is 8.02. The van der Waals surface area contributed by atoms with Gasteiger partial charge in [0.1, 0.15) is 13.2 Å². The van der Waals surface area contributed by atoms with E-state index in [0.717, 1.165) is 57.8 Å². The molecule has 3 unspecified atom stereocenters. The third kappa shape index (κ3) is 34.4. The largest absolute Gasteiger partial charge is 0.756 e. The molecule has 0 aromatic heterocycles. The summed E-state index contributed by atoms with van der Waals surface area (Å²) in [5.74, 6) is -0.227. The summed E-state index contributed by atoms with van der Waals surface area (Å²) in [7, 11) is 1.25. The lowest BCUT2D eigenvalue weighted by molar-refractivity contribution is -0.870. The number of carbonyl (C=O) groups excluding carboxylic acids is 1. The van der Waals surface area contributed by atoms with Crippen LogP contribution in [-0.4, -0.2) is 68.5 Å². The molecule has 2 N–H and O–H groups in total. The SMILES string of the molecule is CC/C=C\C/C=C\C/C=C\C/C=C\C/C=C\CCCC(=O)NC(COP(=O)([O-])OCC[N+](C)(C)C)C(O)CCCCCCCCCCCC. The first kappa shape index (κ1) is 47.2. The molecule has 0 spiro atoms. The standard InChI is InChI=1S/C40H73N2O6P/c1-6-8-10-12-14-16-18-19-20-21-22-23-24-26-28-30-32-34-40(44)41-38(37-48-49(45,46)47-36-35-42(3,4)5)39(43)33-31-29-27-25-17-15-13-11-9-7-2/h8,10,14,16,19-20,22-23,26,28,38-39,43H,6-7,9,11-13,15,17-18,21,24-25,27,29-37H2,1-5H3,(H-,41,44,45,46)/b10-8-,16-14-,20-19-,23-22-,28-26-. The van der Waals surface area contributed by atoms with E-state index in [-0.39, 0.29) is 25.5 Å².